The van der Waals surface area contributed by atoms with Crippen molar-refractivity contribution in [2.45, 2.75) is 31.8 Å². The lowest BCUT2D eigenvalue weighted by molar-refractivity contribution is -0.137. The fourth-order valence-electron chi connectivity index (χ4n) is 2.69. The molecule has 0 saturated heterocycles. The van der Waals surface area contributed by atoms with Gasteiger partial charge in [0.1, 0.15) is 12.4 Å². The fraction of sp³-hybridized carbons (Fsp3) is 0.286. The molecule has 0 aliphatic heterocycles. The highest BCUT2D eigenvalue weighted by atomic mass is 32.2. The van der Waals surface area contributed by atoms with Crippen molar-refractivity contribution in [3.8, 4) is 5.75 Å². The number of hydrogen-bond donors (Lipinski definition) is 1. The number of thioether (sulfide) groups is 1. The first-order chi connectivity index (χ1) is 14.6. The number of carbonyl (C=O) groups excluding carboxylic acids is 1. The minimum absolute atomic E-state index is 0.0555. The highest BCUT2D eigenvalue weighted by Gasteiger charge is 2.30. The predicted octanol–water partition coefficient (Wildman–Crippen LogP) is 4.76. The molecule has 0 aliphatic carbocycles. The van der Waals surface area contributed by atoms with Crippen molar-refractivity contribution < 1.29 is 22.7 Å². The summed E-state index contributed by atoms with van der Waals surface area (Å²) >= 11 is 1.21. The van der Waals surface area contributed by atoms with Crippen LogP contribution >= 0.6 is 11.8 Å². The molecule has 1 heterocycles. The molecular formula is C21H21F3N4O2S. The summed E-state index contributed by atoms with van der Waals surface area (Å²) in [4.78, 5) is 12.3. The van der Waals surface area contributed by atoms with Gasteiger partial charge in [0.25, 0.3) is 0 Å². The number of ether oxygens (including phenoxy) is 1. The third-order valence-corrected chi connectivity index (χ3v) is 5.47. The van der Waals surface area contributed by atoms with Gasteiger partial charge in [0.05, 0.1) is 11.3 Å². The van der Waals surface area contributed by atoms with Gasteiger partial charge in [-0.2, -0.15) is 13.2 Å². The smallest absolute Gasteiger partial charge is 0.416 e. The summed E-state index contributed by atoms with van der Waals surface area (Å²) in [6.07, 6.45) is -4.44. The van der Waals surface area contributed by atoms with Gasteiger partial charge in [0.15, 0.2) is 11.0 Å². The third-order valence-electron chi connectivity index (χ3n) is 4.45. The third kappa shape index (κ3) is 6.00. The molecule has 6 nitrogen and oxygen atoms in total. The number of hydrogen-bond acceptors (Lipinski definition) is 5. The average molecular weight is 450 g/mol. The van der Waals surface area contributed by atoms with Crippen LogP contribution in [0.5, 0.6) is 5.75 Å². The van der Waals surface area contributed by atoms with E-state index in [2.05, 4.69) is 15.5 Å². The molecule has 0 bridgehead atoms. The van der Waals surface area contributed by atoms with Gasteiger partial charge in [-0.05, 0) is 49.2 Å². The predicted molar refractivity (Wildman–Crippen MR) is 112 cm³/mol. The molecule has 0 fully saturated rings. The van der Waals surface area contributed by atoms with Gasteiger partial charge in [-0.3, -0.25) is 4.79 Å². The lowest BCUT2D eigenvalue weighted by Gasteiger charge is -2.10. The lowest BCUT2D eigenvalue weighted by Crippen LogP contribution is -2.15. The van der Waals surface area contributed by atoms with E-state index >= 15 is 0 Å². The molecule has 1 N–H and O–H groups in total. The molecule has 1 aromatic heterocycles. The van der Waals surface area contributed by atoms with E-state index in [1.165, 1.54) is 23.9 Å². The Labute approximate surface area is 181 Å². The first kappa shape index (κ1) is 22.7. The molecule has 2 aromatic carbocycles. The number of benzene rings is 2. The van der Waals surface area contributed by atoms with Crippen molar-refractivity contribution in [3.63, 3.8) is 0 Å². The van der Waals surface area contributed by atoms with Crippen molar-refractivity contribution in [1.82, 2.24) is 14.8 Å². The molecule has 0 aliphatic rings. The standard InChI is InChI=1S/C21H21F3N4O2S/c1-13-7-8-14(2)17(9-13)25-19(29)12-31-20-27-26-18(28(20)3)11-30-16-6-4-5-15(10-16)21(22,23)24/h4-10H,11-12H2,1-3H3,(H,25,29). The van der Waals surface area contributed by atoms with Crippen LogP contribution in [-0.4, -0.2) is 26.4 Å². The molecule has 10 heteroatoms. The van der Waals surface area contributed by atoms with E-state index in [1.54, 1.807) is 11.6 Å². The molecule has 3 aromatic rings. The van der Waals surface area contributed by atoms with E-state index < -0.39 is 11.7 Å². The van der Waals surface area contributed by atoms with Crippen LogP contribution in [0.3, 0.4) is 0 Å². The Bertz CT molecular complexity index is 1080. The second-order valence-electron chi connectivity index (χ2n) is 6.93. The number of amides is 1. The summed E-state index contributed by atoms with van der Waals surface area (Å²) in [5, 5.41) is 11.4. The maximum absolute atomic E-state index is 12.8. The van der Waals surface area contributed by atoms with Crippen molar-refractivity contribution in [2.24, 2.45) is 7.05 Å². The number of alkyl halides is 3. The zero-order chi connectivity index (χ0) is 22.6. The Morgan fingerprint density at radius 3 is 2.68 bits per heavy atom. The van der Waals surface area contributed by atoms with Crippen LogP contribution in [0.4, 0.5) is 18.9 Å². The van der Waals surface area contributed by atoms with E-state index in [-0.39, 0.29) is 24.0 Å². The molecule has 164 valence electrons. The minimum Gasteiger partial charge on any atom is -0.486 e. The molecule has 0 radical (unpaired) electrons. The zero-order valence-electron chi connectivity index (χ0n) is 17.2. The molecule has 0 spiro atoms. The van der Waals surface area contributed by atoms with Crippen LogP contribution in [0.1, 0.15) is 22.5 Å². The zero-order valence-corrected chi connectivity index (χ0v) is 18.0. The summed E-state index contributed by atoms with van der Waals surface area (Å²) < 4.78 is 45.5. The first-order valence-electron chi connectivity index (χ1n) is 9.31. The highest BCUT2D eigenvalue weighted by Crippen LogP contribution is 2.31. The number of halogens is 3. The van der Waals surface area contributed by atoms with Crippen LogP contribution in [0.15, 0.2) is 47.6 Å². The molecule has 3 rings (SSSR count). The van der Waals surface area contributed by atoms with Crippen LogP contribution in [-0.2, 0) is 24.6 Å². The Hall–Kier alpha value is -3.01. The van der Waals surface area contributed by atoms with Gasteiger partial charge in [-0.25, -0.2) is 0 Å². The topological polar surface area (TPSA) is 69.0 Å². The molecular weight excluding hydrogens is 429 g/mol. The maximum atomic E-state index is 12.8. The Morgan fingerprint density at radius 1 is 1.16 bits per heavy atom. The van der Waals surface area contributed by atoms with Crippen LogP contribution in [0, 0.1) is 13.8 Å². The van der Waals surface area contributed by atoms with Crippen LogP contribution in [0.2, 0.25) is 0 Å². The van der Waals surface area contributed by atoms with E-state index in [0.717, 1.165) is 28.9 Å². The second kappa shape index (κ2) is 9.42. The number of anilines is 1. The Morgan fingerprint density at radius 2 is 1.94 bits per heavy atom. The number of carbonyl (C=O) groups is 1. The first-order valence-corrected chi connectivity index (χ1v) is 10.3. The lowest BCUT2D eigenvalue weighted by atomic mass is 10.1. The van der Waals surface area contributed by atoms with Crippen molar-refractivity contribution >= 4 is 23.4 Å². The maximum Gasteiger partial charge on any atom is 0.416 e. The molecule has 0 saturated carbocycles. The summed E-state index contributed by atoms with van der Waals surface area (Å²) in [5.74, 6) is 0.464. The highest BCUT2D eigenvalue weighted by molar-refractivity contribution is 7.99. The van der Waals surface area contributed by atoms with E-state index in [0.29, 0.717) is 11.0 Å². The Balaban J connectivity index is 1.56. The van der Waals surface area contributed by atoms with Crippen LogP contribution < -0.4 is 10.1 Å². The van der Waals surface area contributed by atoms with Gasteiger partial charge in [0, 0.05) is 12.7 Å². The number of aryl methyl sites for hydroxylation is 2. The van der Waals surface area contributed by atoms with Gasteiger partial charge in [-0.15, -0.1) is 10.2 Å². The number of nitrogens with zero attached hydrogens (tertiary/aromatic N) is 3. The van der Waals surface area contributed by atoms with E-state index in [9.17, 15) is 18.0 Å². The van der Waals surface area contributed by atoms with Gasteiger partial charge < -0.3 is 14.6 Å². The number of aromatic nitrogens is 3. The summed E-state index contributed by atoms with van der Waals surface area (Å²) in [6, 6.07) is 10.5. The monoisotopic (exact) mass is 450 g/mol. The largest absolute Gasteiger partial charge is 0.486 e. The Kier molecular flexibility index (Phi) is 6.89. The minimum atomic E-state index is -4.44. The molecule has 1 amide bonds. The van der Waals surface area contributed by atoms with E-state index in [1.807, 2.05) is 32.0 Å². The molecule has 0 unspecified atom stereocenters. The fourth-order valence-corrected chi connectivity index (χ4v) is 3.42. The van der Waals surface area contributed by atoms with Crippen molar-refractivity contribution in [3.05, 3.63) is 65.0 Å². The van der Waals surface area contributed by atoms with Gasteiger partial charge in [0.2, 0.25) is 5.91 Å². The van der Waals surface area contributed by atoms with E-state index in [4.69, 9.17) is 4.74 Å². The van der Waals surface area contributed by atoms with Crippen molar-refractivity contribution in [2.75, 3.05) is 11.1 Å². The quantitative estimate of drug-likeness (QED) is 0.526. The molecule has 0 atom stereocenters. The second-order valence-corrected chi connectivity index (χ2v) is 7.87. The number of rotatable bonds is 7. The SMILES string of the molecule is Cc1ccc(C)c(NC(=O)CSc2nnc(COc3cccc(C(F)(F)F)c3)n2C)c1. The summed E-state index contributed by atoms with van der Waals surface area (Å²) in [7, 11) is 1.70. The summed E-state index contributed by atoms with van der Waals surface area (Å²) in [5.41, 5.74) is 2.00. The van der Waals surface area contributed by atoms with Gasteiger partial charge in [-0.1, -0.05) is 30.0 Å². The van der Waals surface area contributed by atoms with Gasteiger partial charge >= 0.3 is 6.18 Å². The van der Waals surface area contributed by atoms with Crippen molar-refractivity contribution in [1.29, 1.82) is 0 Å². The molecule has 31 heavy (non-hydrogen) atoms. The average Bonchev–Trinajstić information content (AvgIpc) is 3.07. The number of nitrogens with one attached hydrogen (secondary N) is 1. The normalized spacial score (nSPS) is 11.4. The summed E-state index contributed by atoms with van der Waals surface area (Å²) in [6.45, 7) is 3.81. The van der Waals surface area contributed by atoms with Crippen LogP contribution in [0.25, 0.3) is 0 Å².